The minimum absolute atomic E-state index is 0.0576. The Labute approximate surface area is 123 Å². The van der Waals surface area contributed by atoms with Crippen molar-refractivity contribution in [2.24, 2.45) is 0 Å². The average molecular weight is 289 g/mol. The van der Waals surface area contributed by atoms with Crippen LogP contribution in [0.1, 0.15) is 30.1 Å². The van der Waals surface area contributed by atoms with E-state index in [-0.39, 0.29) is 6.04 Å². The topological polar surface area (TPSA) is 34.1 Å². The summed E-state index contributed by atoms with van der Waals surface area (Å²) in [6, 6.07) is 12.1. The zero-order valence-corrected chi connectivity index (χ0v) is 12.1. The summed E-state index contributed by atoms with van der Waals surface area (Å²) in [5, 5.41) is 3.93. The van der Waals surface area contributed by atoms with Crippen LogP contribution in [0.2, 0.25) is 5.02 Å². The first kappa shape index (κ1) is 13.4. The number of halogens is 1. The lowest BCUT2D eigenvalue weighted by atomic mass is 10.0. The van der Waals surface area contributed by atoms with Gasteiger partial charge in [0.1, 0.15) is 5.75 Å². The number of pyridine rings is 1. The molecule has 2 aromatic rings. The third kappa shape index (κ3) is 3.11. The largest absolute Gasteiger partial charge is 0.490 e. The summed E-state index contributed by atoms with van der Waals surface area (Å²) >= 11 is 5.88. The van der Waals surface area contributed by atoms with E-state index in [2.05, 4.69) is 22.4 Å². The number of hydrogen-bond donors (Lipinski definition) is 1. The van der Waals surface area contributed by atoms with Crippen molar-refractivity contribution in [1.29, 1.82) is 0 Å². The number of nitrogens with zero attached hydrogens (tertiary/aromatic N) is 1. The van der Waals surface area contributed by atoms with E-state index in [0.717, 1.165) is 17.0 Å². The number of hydrogen-bond acceptors (Lipinski definition) is 3. The summed E-state index contributed by atoms with van der Waals surface area (Å²) in [6.45, 7) is 0. The van der Waals surface area contributed by atoms with Crippen molar-refractivity contribution in [2.45, 2.75) is 25.0 Å². The minimum atomic E-state index is 0.0576. The molecule has 1 aromatic heterocycles. The van der Waals surface area contributed by atoms with Gasteiger partial charge in [-0.2, -0.15) is 0 Å². The summed E-state index contributed by atoms with van der Waals surface area (Å²) in [5.74, 6) is 0.940. The zero-order chi connectivity index (χ0) is 13.9. The Morgan fingerprint density at radius 3 is 2.50 bits per heavy atom. The van der Waals surface area contributed by atoms with Crippen molar-refractivity contribution < 1.29 is 4.74 Å². The molecule has 0 amide bonds. The molecule has 0 bridgehead atoms. The Kier molecular flexibility index (Phi) is 3.90. The number of rotatable bonds is 5. The second-order valence-corrected chi connectivity index (χ2v) is 5.45. The van der Waals surface area contributed by atoms with Crippen LogP contribution in [0.15, 0.2) is 42.6 Å². The van der Waals surface area contributed by atoms with E-state index in [0.29, 0.717) is 11.1 Å². The molecule has 1 aliphatic carbocycles. The van der Waals surface area contributed by atoms with Crippen LogP contribution in [0, 0.1) is 0 Å². The molecular formula is C16H17ClN2O. The van der Waals surface area contributed by atoms with Gasteiger partial charge in [-0.05, 0) is 49.7 Å². The van der Waals surface area contributed by atoms with Crippen molar-refractivity contribution in [2.75, 3.05) is 7.05 Å². The standard InChI is InChI=1S/C16H17ClN2O/c1-18-16(15-9-4-12(17)10-19-15)11-2-5-13(6-3-11)20-14-7-8-14/h2-6,9-10,14,16,18H,7-8H2,1H3. The maximum Gasteiger partial charge on any atom is 0.119 e. The van der Waals surface area contributed by atoms with Gasteiger partial charge in [-0.15, -0.1) is 0 Å². The molecule has 1 aliphatic rings. The molecule has 1 saturated carbocycles. The summed E-state index contributed by atoms with van der Waals surface area (Å²) in [5.41, 5.74) is 2.11. The summed E-state index contributed by atoms with van der Waals surface area (Å²) < 4.78 is 5.76. The Morgan fingerprint density at radius 2 is 1.95 bits per heavy atom. The molecule has 0 saturated heterocycles. The highest BCUT2D eigenvalue weighted by molar-refractivity contribution is 6.30. The molecule has 1 aromatic carbocycles. The lowest BCUT2D eigenvalue weighted by molar-refractivity contribution is 0.303. The van der Waals surface area contributed by atoms with Crippen molar-refractivity contribution in [3.8, 4) is 5.75 Å². The van der Waals surface area contributed by atoms with Gasteiger partial charge >= 0.3 is 0 Å². The van der Waals surface area contributed by atoms with E-state index in [1.54, 1.807) is 6.20 Å². The first-order chi connectivity index (χ1) is 9.76. The van der Waals surface area contributed by atoms with E-state index in [9.17, 15) is 0 Å². The summed E-state index contributed by atoms with van der Waals surface area (Å²) in [7, 11) is 1.93. The third-order valence-electron chi connectivity index (χ3n) is 3.38. The zero-order valence-electron chi connectivity index (χ0n) is 11.3. The fourth-order valence-electron chi connectivity index (χ4n) is 2.16. The molecule has 1 unspecified atom stereocenters. The highest BCUT2D eigenvalue weighted by atomic mass is 35.5. The molecular weight excluding hydrogens is 272 g/mol. The molecule has 1 heterocycles. The fourth-order valence-corrected chi connectivity index (χ4v) is 2.27. The molecule has 20 heavy (non-hydrogen) atoms. The van der Waals surface area contributed by atoms with E-state index in [1.165, 1.54) is 12.8 Å². The van der Waals surface area contributed by atoms with E-state index in [1.807, 2.05) is 31.3 Å². The number of aromatic nitrogens is 1. The molecule has 1 atom stereocenters. The fraction of sp³-hybridized carbons (Fsp3) is 0.312. The monoisotopic (exact) mass is 288 g/mol. The van der Waals surface area contributed by atoms with Gasteiger partial charge < -0.3 is 10.1 Å². The lowest BCUT2D eigenvalue weighted by Crippen LogP contribution is -2.18. The second-order valence-electron chi connectivity index (χ2n) is 5.01. The number of ether oxygens (including phenoxy) is 1. The highest BCUT2D eigenvalue weighted by Crippen LogP contribution is 2.28. The van der Waals surface area contributed by atoms with E-state index >= 15 is 0 Å². The predicted octanol–water partition coefficient (Wildman–Crippen LogP) is 3.59. The molecule has 0 radical (unpaired) electrons. The minimum Gasteiger partial charge on any atom is -0.490 e. The Hall–Kier alpha value is -1.58. The van der Waals surface area contributed by atoms with Crippen molar-refractivity contribution in [3.05, 3.63) is 58.9 Å². The van der Waals surface area contributed by atoms with Crippen LogP contribution in [0.5, 0.6) is 5.75 Å². The van der Waals surface area contributed by atoms with Crippen LogP contribution in [0.3, 0.4) is 0 Å². The van der Waals surface area contributed by atoms with Crippen LogP contribution in [-0.2, 0) is 0 Å². The van der Waals surface area contributed by atoms with Crippen molar-refractivity contribution >= 4 is 11.6 Å². The third-order valence-corrected chi connectivity index (χ3v) is 3.60. The molecule has 1 fully saturated rings. The molecule has 4 heteroatoms. The molecule has 3 rings (SSSR count). The van der Waals surface area contributed by atoms with Gasteiger partial charge in [-0.25, -0.2) is 0 Å². The lowest BCUT2D eigenvalue weighted by Gasteiger charge is -2.16. The molecule has 104 valence electrons. The first-order valence-electron chi connectivity index (χ1n) is 6.81. The molecule has 3 nitrogen and oxygen atoms in total. The molecule has 0 spiro atoms. The van der Waals surface area contributed by atoms with Gasteiger partial charge in [0.25, 0.3) is 0 Å². The van der Waals surface area contributed by atoms with E-state index in [4.69, 9.17) is 16.3 Å². The van der Waals surface area contributed by atoms with Gasteiger partial charge in [0, 0.05) is 6.20 Å². The SMILES string of the molecule is CNC(c1ccc(OC2CC2)cc1)c1ccc(Cl)cn1. The Balaban J connectivity index is 1.79. The smallest absolute Gasteiger partial charge is 0.119 e. The Morgan fingerprint density at radius 1 is 1.20 bits per heavy atom. The molecule has 0 aliphatic heterocycles. The maximum absolute atomic E-state index is 5.88. The van der Waals surface area contributed by atoms with Crippen LogP contribution >= 0.6 is 11.6 Å². The number of nitrogens with one attached hydrogen (secondary N) is 1. The average Bonchev–Trinajstić information content (AvgIpc) is 3.27. The van der Waals surface area contributed by atoms with Crippen LogP contribution < -0.4 is 10.1 Å². The quantitative estimate of drug-likeness (QED) is 0.913. The van der Waals surface area contributed by atoms with Gasteiger partial charge in [-0.1, -0.05) is 23.7 Å². The maximum atomic E-state index is 5.88. The van der Waals surface area contributed by atoms with Gasteiger partial charge in [0.15, 0.2) is 0 Å². The van der Waals surface area contributed by atoms with Crippen molar-refractivity contribution in [3.63, 3.8) is 0 Å². The number of benzene rings is 1. The summed E-state index contributed by atoms with van der Waals surface area (Å²) in [6.07, 6.45) is 4.45. The van der Waals surface area contributed by atoms with E-state index < -0.39 is 0 Å². The Bertz CT molecular complexity index is 564. The van der Waals surface area contributed by atoms with Crippen LogP contribution in [-0.4, -0.2) is 18.1 Å². The van der Waals surface area contributed by atoms with Gasteiger partial charge in [-0.3, -0.25) is 4.98 Å². The highest BCUT2D eigenvalue weighted by Gasteiger charge is 2.23. The van der Waals surface area contributed by atoms with Gasteiger partial charge in [0.2, 0.25) is 0 Å². The van der Waals surface area contributed by atoms with Crippen molar-refractivity contribution in [1.82, 2.24) is 10.3 Å². The van der Waals surface area contributed by atoms with Crippen LogP contribution in [0.25, 0.3) is 0 Å². The molecule has 1 N–H and O–H groups in total. The summed E-state index contributed by atoms with van der Waals surface area (Å²) in [4.78, 5) is 4.38. The van der Waals surface area contributed by atoms with Crippen LogP contribution in [0.4, 0.5) is 0 Å². The first-order valence-corrected chi connectivity index (χ1v) is 7.19. The van der Waals surface area contributed by atoms with Gasteiger partial charge in [0.05, 0.1) is 22.9 Å². The predicted molar refractivity (Wildman–Crippen MR) is 80.2 cm³/mol. The normalized spacial score (nSPS) is 15.9. The second kappa shape index (κ2) is 5.81.